The van der Waals surface area contributed by atoms with Gasteiger partial charge in [0.25, 0.3) is 0 Å². The molecule has 0 unspecified atom stereocenters. The van der Waals surface area contributed by atoms with Crippen LogP contribution in [0.2, 0.25) is 0 Å². The number of anilines is 1. The molecule has 0 saturated carbocycles. The minimum atomic E-state index is 0.347. The van der Waals surface area contributed by atoms with Gasteiger partial charge in [-0.1, -0.05) is 17.7 Å². The van der Waals surface area contributed by atoms with Crippen LogP contribution in [0.1, 0.15) is 16.1 Å². The summed E-state index contributed by atoms with van der Waals surface area (Å²) < 4.78 is 0. The van der Waals surface area contributed by atoms with Crippen LogP contribution in [-0.4, -0.2) is 16.7 Å². The first kappa shape index (κ1) is 13.5. The molecule has 3 aromatic rings. The van der Waals surface area contributed by atoms with Gasteiger partial charge in [-0.25, -0.2) is 0 Å². The molecular formula is C16H14N4S. The van der Waals surface area contributed by atoms with E-state index in [1.807, 2.05) is 31.2 Å². The Kier molecular flexibility index (Phi) is 3.80. The minimum Gasteiger partial charge on any atom is -0.382 e. The molecule has 0 spiro atoms. The Morgan fingerprint density at radius 2 is 2.19 bits per heavy atom. The Morgan fingerprint density at radius 1 is 1.29 bits per heavy atom. The summed E-state index contributed by atoms with van der Waals surface area (Å²) in [6.07, 6.45) is 0.929. The third-order valence-electron chi connectivity index (χ3n) is 3.28. The summed E-state index contributed by atoms with van der Waals surface area (Å²) in [5, 5.41) is 23.7. The van der Waals surface area contributed by atoms with Crippen molar-refractivity contribution in [1.82, 2.24) is 10.2 Å². The first-order valence-corrected chi connectivity index (χ1v) is 7.59. The quantitative estimate of drug-likeness (QED) is 0.799. The lowest BCUT2D eigenvalue weighted by atomic mass is 10.1. The molecule has 3 rings (SSSR count). The number of thiophene rings is 1. The maximum absolute atomic E-state index is 9.24. The second kappa shape index (κ2) is 5.90. The molecule has 2 heterocycles. The van der Waals surface area contributed by atoms with Crippen molar-refractivity contribution in [3.05, 3.63) is 51.8 Å². The summed E-state index contributed by atoms with van der Waals surface area (Å²) in [5.41, 5.74) is 3.07. The molecular weight excluding hydrogens is 280 g/mol. The number of fused-ring (bicyclic) bond motifs is 1. The van der Waals surface area contributed by atoms with E-state index < -0.39 is 0 Å². The number of hydrogen-bond acceptors (Lipinski definition) is 5. The van der Waals surface area contributed by atoms with E-state index in [9.17, 15) is 5.26 Å². The lowest BCUT2D eigenvalue weighted by molar-refractivity contribution is 1.01. The van der Waals surface area contributed by atoms with E-state index in [0.29, 0.717) is 5.69 Å². The topological polar surface area (TPSA) is 61.6 Å². The normalized spacial score (nSPS) is 10.5. The zero-order valence-corrected chi connectivity index (χ0v) is 12.4. The highest BCUT2D eigenvalue weighted by atomic mass is 32.1. The van der Waals surface area contributed by atoms with Gasteiger partial charge in [0.05, 0.1) is 11.2 Å². The van der Waals surface area contributed by atoms with Crippen LogP contribution in [0.5, 0.6) is 0 Å². The molecule has 0 radical (unpaired) electrons. The molecule has 21 heavy (non-hydrogen) atoms. The highest BCUT2D eigenvalue weighted by Gasteiger charge is 2.10. The van der Waals surface area contributed by atoms with Crippen molar-refractivity contribution in [3.8, 4) is 6.07 Å². The molecule has 0 fully saturated rings. The number of nitriles is 1. The molecule has 104 valence electrons. The fourth-order valence-electron chi connectivity index (χ4n) is 2.24. The van der Waals surface area contributed by atoms with Crippen LogP contribution in [0.4, 0.5) is 5.69 Å². The summed E-state index contributed by atoms with van der Waals surface area (Å²) >= 11 is 1.74. The highest BCUT2D eigenvalue weighted by molar-refractivity contribution is 7.09. The van der Waals surface area contributed by atoms with Gasteiger partial charge < -0.3 is 5.32 Å². The number of nitrogens with zero attached hydrogens (tertiary/aromatic N) is 3. The number of rotatable bonds is 4. The summed E-state index contributed by atoms with van der Waals surface area (Å²) in [6, 6.07) is 12.3. The Hall–Kier alpha value is -2.45. The summed E-state index contributed by atoms with van der Waals surface area (Å²) in [6.45, 7) is 2.80. The van der Waals surface area contributed by atoms with Crippen molar-refractivity contribution >= 4 is 27.9 Å². The molecule has 0 aliphatic rings. The Bertz CT molecular complexity index is 803. The summed E-state index contributed by atoms with van der Waals surface area (Å²) in [4.78, 5) is 1.32. The van der Waals surface area contributed by atoms with Crippen molar-refractivity contribution in [3.63, 3.8) is 0 Å². The zero-order valence-electron chi connectivity index (χ0n) is 11.6. The van der Waals surface area contributed by atoms with Crippen LogP contribution < -0.4 is 5.32 Å². The molecule has 2 aromatic heterocycles. The molecule has 0 aliphatic carbocycles. The fraction of sp³-hybridized carbons (Fsp3) is 0.188. The zero-order chi connectivity index (χ0) is 14.7. The monoisotopic (exact) mass is 294 g/mol. The number of aryl methyl sites for hydroxylation is 1. The molecule has 0 aliphatic heterocycles. The van der Waals surface area contributed by atoms with E-state index in [-0.39, 0.29) is 0 Å². The summed E-state index contributed by atoms with van der Waals surface area (Å²) in [7, 11) is 0. The molecule has 0 saturated heterocycles. The van der Waals surface area contributed by atoms with Gasteiger partial charge in [0.15, 0.2) is 5.69 Å². The van der Waals surface area contributed by atoms with Crippen molar-refractivity contribution in [2.75, 3.05) is 11.9 Å². The standard InChI is InChI=1S/C16H14N4S/c1-11-4-5-14-13(9-11)16(15(10-17)20-19-14)18-7-6-12-3-2-8-21-12/h2-5,8-9H,6-7H2,1H3,(H,18,19). The molecule has 4 nitrogen and oxygen atoms in total. The lowest BCUT2D eigenvalue weighted by Crippen LogP contribution is -2.08. The van der Waals surface area contributed by atoms with Crippen LogP contribution in [0, 0.1) is 18.3 Å². The fourth-order valence-corrected chi connectivity index (χ4v) is 2.95. The van der Waals surface area contributed by atoms with Crippen LogP contribution in [0.3, 0.4) is 0 Å². The van der Waals surface area contributed by atoms with E-state index in [1.165, 1.54) is 4.88 Å². The van der Waals surface area contributed by atoms with Gasteiger partial charge in [-0.05, 0) is 36.9 Å². The van der Waals surface area contributed by atoms with Crippen LogP contribution in [-0.2, 0) is 6.42 Å². The van der Waals surface area contributed by atoms with Gasteiger partial charge in [-0.2, -0.15) is 5.26 Å². The maximum Gasteiger partial charge on any atom is 0.186 e. The number of aromatic nitrogens is 2. The average molecular weight is 294 g/mol. The summed E-state index contributed by atoms with van der Waals surface area (Å²) in [5.74, 6) is 0. The smallest absolute Gasteiger partial charge is 0.186 e. The number of benzene rings is 1. The van der Waals surface area contributed by atoms with Gasteiger partial charge in [0.1, 0.15) is 6.07 Å². The van der Waals surface area contributed by atoms with E-state index in [2.05, 4.69) is 33.0 Å². The molecule has 0 bridgehead atoms. The predicted molar refractivity (Wildman–Crippen MR) is 85.5 cm³/mol. The van der Waals surface area contributed by atoms with Crippen LogP contribution >= 0.6 is 11.3 Å². The van der Waals surface area contributed by atoms with E-state index in [0.717, 1.165) is 35.1 Å². The van der Waals surface area contributed by atoms with Crippen molar-refractivity contribution < 1.29 is 0 Å². The van der Waals surface area contributed by atoms with E-state index in [1.54, 1.807) is 11.3 Å². The lowest BCUT2D eigenvalue weighted by Gasteiger charge is -2.10. The van der Waals surface area contributed by atoms with E-state index >= 15 is 0 Å². The van der Waals surface area contributed by atoms with Crippen LogP contribution in [0.15, 0.2) is 35.7 Å². The molecule has 5 heteroatoms. The molecule has 0 atom stereocenters. The molecule has 1 aromatic carbocycles. The number of hydrogen-bond donors (Lipinski definition) is 1. The SMILES string of the molecule is Cc1ccc2nnc(C#N)c(NCCc3cccs3)c2c1. The van der Waals surface area contributed by atoms with Crippen molar-refractivity contribution in [2.45, 2.75) is 13.3 Å². The number of nitrogens with one attached hydrogen (secondary N) is 1. The maximum atomic E-state index is 9.24. The van der Waals surface area contributed by atoms with Gasteiger partial charge in [0, 0.05) is 16.8 Å². The third-order valence-corrected chi connectivity index (χ3v) is 4.21. The second-order valence-corrected chi connectivity index (χ2v) is 5.84. The van der Waals surface area contributed by atoms with Gasteiger partial charge in [0.2, 0.25) is 0 Å². The molecule has 0 amide bonds. The Balaban J connectivity index is 1.91. The van der Waals surface area contributed by atoms with Crippen molar-refractivity contribution in [2.24, 2.45) is 0 Å². The van der Waals surface area contributed by atoms with Crippen LogP contribution in [0.25, 0.3) is 10.9 Å². The van der Waals surface area contributed by atoms with Gasteiger partial charge in [-0.3, -0.25) is 0 Å². The Morgan fingerprint density at radius 3 is 2.95 bits per heavy atom. The predicted octanol–water partition coefficient (Wildman–Crippen LogP) is 3.53. The highest BCUT2D eigenvalue weighted by Crippen LogP contribution is 2.25. The second-order valence-electron chi connectivity index (χ2n) is 4.81. The first-order chi connectivity index (χ1) is 10.3. The van der Waals surface area contributed by atoms with E-state index in [4.69, 9.17) is 0 Å². The molecule has 1 N–H and O–H groups in total. The first-order valence-electron chi connectivity index (χ1n) is 6.71. The van der Waals surface area contributed by atoms with Gasteiger partial charge in [-0.15, -0.1) is 21.5 Å². The van der Waals surface area contributed by atoms with Crippen molar-refractivity contribution in [1.29, 1.82) is 5.26 Å². The largest absolute Gasteiger partial charge is 0.382 e. The minimum absolute atomic E-state index is 0.347. The third kappa shape index (κ3) is 2.86. The average Bonchev–Trinajstić information content (AvgIpc) is 3.00. The van der Waals surface area contributed by atoms with Gasteiger partial charge >= 0.3 is 0 Å². The Labute approximate surface area is 127 Å².